The van der Waals surface area contributed by atoms with Crippen molar-refractivity contribution >= 4 is 23.6 Å². The van der Waals surface area contributed by atoms with Crippen LogP contribution in [0.2, 0.25) is 0 Å². The highest BCUT2D eigenvalue weighted by Gasteiger charge is 2.43. The Hall–Kier alpha value is -3.10. The van der Waals surface area contributed by atoms with Gasteiger partial charge in [-0.3, -0.25) is 24.1 Å². The Morgan fingerprint density at radius 3 is 2.09 bits per heavy atom. The normalized spacial score (nSPS) is 21.6. The lowest BCUT2D eigenvalue weighted by Gasteiger charge is -2.41. The quantitative estimate of drug-likeness (QED) is 0.157. The van der Waals surface area contributed by atoms with E-state index in [1.165, 1.54) is 0 Å². The molecule has 0 saturated carbocycles. The number of rotatable bonds is 20. The van der Waals surface area contributed by atoms with Crippen LogP contribution in [0.4, 0.5) is 0 Å². The fraction of sp³-hybridized carbons (Fsp3) is 0.762. The monoisotopic (exact) mass is 773 g/mol. The molecule has 4 N–H and O–H groups in total. The molecule has 2 saturated heterocycles. The molecule has 2 aliphatic heterocycles. The molecule has 55 heavy (non-hydrogen) atoms. The predicted molar refractivity (Wildman–Crippen MR) is 215 cm³/mol. The number of benzene rings is 1. The Balaban J connectivity index is 1.76. The molecule has 0 bridgehead atoms. The van der Waals surface area contributed by atoms with Crippen molar-refractivity contribution in [1.29, 1.82) is 0 Å². The minimum atomic E-state index is -0.876. The zero-order chi connectivity index (χ0) is 41.0. The molecular weight excluding hydrogens is 700 g/mol. The zero-order valence-corrected chi connectivity index (χ0v) is 35.4. The first kappa shape index (κ1) is 46.3. The number of hydrogen-bond acceptors (Lipinski definition) is 9. The molecule has 1 aromatic carbocycles. The molecule has 2 fully saturated rings. The number of aliphatic hydroxyl groups is 1. The maximum Gasteiger partial charge on any atom is 0.245 e. The molecule has 1 unspecified atom stereocenters. The fourth-order valence-corrected chi connectivity index (χ4v) is 8.50. The van der Waals surface area contributed by atoms with E-state index in [1.807, 2.05) is 58.0 Å². The second-order valence-electron chi connectivity index (χ2n) is 16.4. The van der Waals surface area contributed by atoms with Gasteiger partial charge in [-0.2, -0.15) is 0 Å². The summed E-state index contributed by atoms with van der Waals surface area (Å²) in [5.74, 6) is -1.47. The number of carbonyl (C=O) groups excluding carboxylic acids is 4. The minimum absolute atomic E-state index is 0.0162. The van der Waals surface area contributed by atoms with E-state index in [9.17, 15) is 24.3 Å². The molecule has 4 amide bonds. The minimum Gasteiger partial charge on any atom is -0.386 e. The second kappa shape index (κ2) is 22.0. The topological polar surface area (TPSA) is 153 Å². The third-order valence-electron chi connectivity index (χ3n) is 11.9. The summed E-state index contributed by atoms with van der Waals surface area (Å²) in [6, 6.07) is 6.78. The summed E-state index contributed by atoms with van der Waals surface area (Å²) < 4.78 is 12.0. The molecule has 3 rings (SSSR count). The molecule has 0 radical (unpaired) electrons. The summed E-state index contributed by atoms with van der Waals surface area (Å²) in [7, 11) is 4.89. The van der Waals surface area contributed by atoms with E-state index in [2.05, 4.69) is 34.7 Å². The number of aliphatic hydroxyl groups excluding tert-OH is 1. The average Bonchev–Trinajstić information content (AvgIpc) is 3.66. The van der Waals surface area contributed by atoms with Gasteiger partial charge in [-0.1, -0.05) is 85.2 Å². The van der Waals surface area contributed by atoms with Gasteiger partial charge in [0.05, 0.1) is 54.8 Å². The molecule has 2 aliphatic rings. The third kappa shape index (κ3) is 12.0. The number of methoxy groups -OCH3 is 2. The number of amides is 4. The Bertz CT molecular complexity index is 1360. The molecule has 312 valence electrons. The summed E-state index contributed by atoms with van der Waals surface area (Å²) in [5, 5.41) is 20.3. The van der Waals surface area contributed by atoms with Crippen molar-refractivity contribution in [3.8, 4) is 0 Å². The van der Waals surface area contributed by atoms with Crippen LogP contribution in [0.25, 0.3) is 0 Å². The van der Waals surface area contributed by atoms with Crippen LogP contribution in [0.1, 0.15) is 92.7 Å². The Morgan fingerprint density at radius 2 is 1.55 bits per heavy atom. The SMILES string of the molecule is CC[C@H](C)[C@@H](C(CC(=O)N1CCC[C@H]1[C@H](OC)[C@@H](C)C(=O)N[C@H](C)[C@@H](O)c1ccccc1)OC)N(C)C(=O)[C@@H](NC(=O)[C@H](C(C)C)N1CCNCC1)C(C)C. The first-order valence-corrected chi connectivity index (χ1v) is 20.5. The van der Waals surface area contributed by atoms with Crippen molar-refractivity contribution in [2.24, 2.45) is 23.7 Å². The van der Waals surface area contributed by atoms with Crippen LogP contribution in [0, 0.1) is 23.7 Å². The first-order chi connectivity index (χ1) is 26.1. The maximum atomic E-state index is 14.4. The van der Waals surface area contributed by atoms with Crippen LogP contribution in [0.3, 0.4) is 0 Å². The van der Waals surface area contributed by atoms with Crippen LogP contribution in [0.5, 0.6) is 0 Å². The zero-order valence-electron chi connectivity index (χ0n) is 35.4. The number of ether oxygens (including phenoxy) is 2. The summed E-state index contributed by atoms with van der Waals surface area (Å²) in [6.45, 7) is 19.3. The predicted octanol–water partition coefficient (Wildman–Crippen LogP) is 3.22. The summed E-state index contributed by atoms with van der Waals surface area (Å²) in [4.78, 5) is 61.7. The van der Waals surface area contributed by atoms with E-state index in [4.69, 9.17) is 9.47 Å². The van der Waals surface area contributed by atoms with E-state index in [0.29, 0.717) is 18.5 Å². The van der Waals surface area contributed by atoms with Gasteiger partial charge in [0.2, 0.25) is 23.6 Å². The second-order valence-corrected chi connectivity index (χ2v) is 16.4. The summed E-state index contributed by atoms with van der Waals surface area (Å²) in [6.07, 6.45) is 0.153. The number of likely N-dealkylation sites (N-methyl/N-ethyl adjacent to an activating group) is 1. The number of nitrogens with one attached hydrogen (secondary N) is 3. The largest absolute Gasteiger partial charge is 0.386 e. The number of nitrogens with zero attached hydrogens (tertiary/aromatic N) is 3. The molecule has 1 aromatic rings. The number of carbonyl (C=O) groups is 4. The Labute approximate surface area is 330 Å². The van der Waals surface area contributed by atoms with E-state index < -0.39 is 42.4 Å². The van der Waals surface area contributed by atoms with Crippen LogP contribution >= 0.6 is 0 Å². The van der Waals surface area contributed by atoms with Crippen LogP contribution in [-0.4, -0.2) is 140 Å². The summed E-state index contributed by atoms with van der Waals surface area (Å²) >= 11 is 0. The molecule has 10 atom stereocenters. The number of piperazine rings is 1. The van der Waals surface area contributed by atoms with E-state index >= 15 is 0 Å². The Morgan fingerprint density at radius 1 is 0.909 bits per heavy atom. The maximum absolute atomic E-state index is 14.4. The van der Waals surface area contributed by atoms with Gasteiger partial charge in [0, 0.05) is 54.0 Å². The Kier molecular flexibility index (Phi) is 18.5. The lowest BCUT2D eigenvalue weighted by atomic mass is 9.89. The van der Waals surface area contributed by atoms with Gasteiger partial charge in [0.15, 0.2) is 0 Å². The molecular formula is C42H72N6O7. The average molecular weight is 773 g/mol. The molecule has 0 aliphatic carbocycles. The number of likely N-dealkylation sites (tertiary alicyclic amines) is 1. The van der Waals surface area contributed by atoms with Crippen molar-refractivity contribution in [2.75, 3.05) is 54.0 Å². The lowest BCUT2D eigenvalue weighted by molar-refractivity contribution is -0.148. The highest BCUT2D eigenvalue weighted by Crippen LogP contribution is 2.30. The molecule has 2 heterocycles. The highest BCUT2D eigenvalue weighted by molar-refractivity contribution is 5.90. The van der Waals surface area contributed by atoms with Crippen molar-refractivity contribution in [2.45, 2.75) is 130 Å². The number of hydrogen-bond donors (Lipinski definition) is 4. The van der Waals surface area contributed by atoms with Crippen LogP contribution < -0.4 is 16.0 Å². The van der Waals surface area contributed by atoms with Gasteiger partial charge in [0.25, 0.3) is 0 Å². The molecule has 0 spiro atoms. The van der Waals surface area contributed by atoms with Crippen molar-refractivity contribution in [3.63, 3.8) is 0 Å². The van der Waals surface area contributed by atoms with Gasteiger partial charge in [-0.25, -0.2) is 0 Å². The van der Waals surface area contributed by atoms with Gasteiger partial charge in [-0.05, 0) is 43.1 Å². The molecule has 13 nitrogen and oxygen atoms in total. The lowest BCUT2D eigenvalue weighted by Crippen LogP contribution is -2.61. The van der Waals surface area contributed by atoms with Crippen LogP contribution in [-0.2, 0) is 28.7 Å². The van der Waals surface area contributed by atoms with Gasteiger partial charge in [-0.15, -0.1) is 0 Å². The smallest absolute Gasteiger partial charge is 0.245 e. The van der Waals surface area contributed by atoms with Gasteiger partial charge < -0.3 is 40.3 Å². The van der Waals surface area contributed by atoms with E-state index in [1.54, 1.807) is 44.9 Å². The van der Waals surface area contributed by atoms with Gasteiger partial charge >= 0.3 is 0 Å². The first-order valence-electron chi connectivity index (χ1n) is 20.5. The van der Waals surface area contributed by atoms with E-state index in [0.717, 1.165) is 39.0 Å². The van der Waals surface area contributed by atoms with Crippen LogP contribution in [0.15, 0.2) is 30.3 Å². The molecule has 13 heteroatoms. The third-order valence-corrected chi connectivity index (χ3v) is 11.9. The standard InChI is InChI=1S/C42H72N6O7/c1-12-28(6)37(46(9)42(53)35(26(2)3)45-41(52)36(27(4)5)47-23-20-43-21-24-47)33(54-10)25-34(49)48-22-16-19-32(48)39(55-11)29(7)40(51)44-30(8)38(50)31-17-14-13-15-18-31/h13-15,17-18,26-30,32-33,35-39,43,50H,12,16,19-25H2,1-11H3,(H,44,51)(H,45,52)/t28-,29+,30+,32-,33?,35-,36-,37-,38+,39+/m0/s1. The summed E-state index contributed by atoms with van der Waals surface area (Å²) in [5.41, 5.74) is 0.713. The van der Waals surface area contributed by atoms with E-state index in [-0.39, 0.29) is 59.9 Å². The van der Waals surface area contributed by atoms with Crippen molar-refractivity contribution < 1.29 is 33.8 Å². The fourth-order valence-electron chi connectivity index (χ4n) is 8.50. The van der Waals surface area contributed by atoms with Crippen molar-refractivity contribution in [1.82, 2.24) is 30.7 Å². The molecule has 0 aromatic heterocycles. The van der Waals surface area contributed by atoms with Crippen molar-refractivity contribution in [3.05, 3.63) is 35.9 Å². The van der Waals surface area contributed by atoms with Gasteiger partial charge in [0.1, 0.15) is 6.04 Å². The highest BCUT2D eigenvalue weighted by atomic mass is 16.5.